The molecule has 4 heterocycles. The van der Waals surface area contributed by atoms with Crippen LogP contribution < -0.4 is 16.2 Å². The van der Waals surface area contributed by atoms with Crippen LogP contribution in [-0.2, 0) is 4.79 Å². The summed E-state index contributed by atoms with van der Waals surface area (Å²) in [7, 11) is 0. The van der Waals surface area contributed by atoms with E-state index in [0.717, 1.165) is 67.2 Å². The summed E-state index contributed by atoms with van der Waals surface area (Å²) in [5.74, 6) is 2.47. The number of carbonyl (C=O) groups excluding carboxylic acids is 1. The van der Waals surface area contributed by atoms with Gasteiger partial charge in [-0.1, -0.05) is 13.0 Å². The number of nitrogens with zero attached hydrogens (tertiary/aromatic N) is 3. The van der Waals surface area contributed by atoms with Gasteiger partial charge in [0.2, 0.25) is 5.91 Å². The molecule has 33 heavy (non-hydrogen) atoms. The largest absolute Gasteiger partial charge is 0.341 e. The fourth-order valence-corrected chi connectivity index (χ4v) is 5.87. The van der Waals surface area contributed by atoms with Crippen molar-refractivity contribution < 1.29 is 4.79 Å². The number of amides is 1. The minimum Gasteiger partial charge on any atom is -0.341 e. The summed E-state index contributed by atoms with van der Waals surface area (Å²) < 4.78 is 0. The molecule has 1 amide bonds. The number of piperidine rings is 1. The van der Waals surface area contributed by atoms with Crippen LogP contribution in [0.5, 0.6) is 0 Å². The molecule has 0 bridgehead atoms. The smallest absolute Gasteiger partial charge is 0.241 e. The quantitative estimate of drug-likeness (QED) is 0.660. The zero-order valence-electron chi connectivity index (χ0n) is 20.0. The molecule has 176 valence electrons. The minimum atomic E-state index is -0.105. The number of nitrogens with one attached hydrogen (secondary N) is 3. The van der Waals surface area contributed by atoms with Crippen LogP contribution in [0.25, 0.3) is 0 Å². The lowest BCUT2D eigenvalue weighted by Crippen LogP contribution is -2.51. The van der Waals surface area contributed by atoms with E-state index in [4.69, 9.17) is 4.98 Å². The van der Waals surface area contributed by atoms with Gasteiger partial charge < -0.3 is 10.2 Å². The minimum absolute atomic E-state index is 0.105. The first-order valence-electron chi connectivity index (χ1n) is 12.4. The van der Waals surface area contributed by atoms with E-state index in [1.54, 1.807) is 6.20 Å². The Morgan fingerprint density at radius 2 is 2.06 bits per heavy atom. The number of aromatic nitrogens is 2. The van der Waals surface area contributed by atoms with E-state index in [0.29, 0.717) is 17.9 Å². The number of likely N-dealkylation sites (tertiary alicyclic amines) is 1. The van der Waals surface area contributed by atoms with Crippen LogP contribution in [-0.4, -0.2) is 45.9 Å². The Bertz CT molecular complexity index is 1010. The fourth-order valence-electron chi connectivity index (χ4n) is 5.87. The van der Waals surface area contributed by atoms with Gasteiger partial charge in [0.05, 0.1) is 0 Å². The summed E-state index contributed by atoms with van der Waals surface area (Å²) in [6.07, 6.45) is 7.40. The predicted octanol–water partition coefficient (Wildman–Crippen LogP) is 3.82. The van der Waals surface area contributed by atoms with Gasteiger partial charge >= 0.3 is 0 Å². The summed E-state index contributed by atoms with van der Waals surface area (Å²) in [6, 6.07) is 8.51. The second-order valence-corrected chi connectivity index (χ2v) is 10.3. The topological polar surface area (TPSA) is 82.2 Å². The molecule has 2 saturated heterocycles. The normalized spacial score (nSPS) is 29.5. The van der Waals surface area contributed by atoms with Gasteiger partial charge in [0.1, 0.15) is 11.9 Å². The molecule has 2 aromatic rings. The van der Waals surface area contributed by atoms with Crippen molar-refractivity contribution in [2.75, 3.05) is 18.4 Å². The van der Waals surface area contributed by atoms with Gasteiger partial charge in [-0.15, -0.1) is 0 Å². The number of fused-ring (bicyclic) bond motifs is 1. The molecule has 0 radical (unpaired) electrons. The van der Waals surface area contributed by atoms with Gasteiger partial charge in [0.25, 0.3) is 0 Å². The van der Waals surface area contributed by atoms with Crippen molar-refractivity contribution in [2.45, 2.75) is 70.9 Å². The number of pyridine rings is 2. The molecule has 2 aliphatic heterocycles. The predicted molar refractivity (Wildman–Crippen MR) is 130 cm³/mol. The van der Waals surface area contributed by atoms with E-state index in [2.05, 4.69) is 58.1 Å². The molecule has 5 rings (SSSR count). The average Bonchev–Trinajstić information content (AvgIpc) is 3.23. The van der Waals surface area contributed by atoms with Gasteiger partial charge in [0.15, 0.2) is 0 Å². The van der Waals surface area contributed by atoms with Crippen LogP contribution in [0.3, 0.4) is 0 Å². The molecule has 2 aromatic heterocycles. The van der Waals surface area contributed by atoms with Crippen LogP contribution in [0.15, 0.2) is 30.5 Å². The standard InChI is InChI=1S/C26H36N6O/c1-16-8-9-22-21(12-16)24(31-30-22)26(33)32-11-5-7-19(15-32)23-14-20(13-18(3)28-23)29-25-17(2)6-4-10-27-25/h4,6,10,13-14,16,19,21-22,24,30-31H,5,7-9,11-12,15H2,1-3H3,(H,27,28,29). The zero-order valence-corrected chi connectivity index (χ0v) is 20.0. The van der Waals surface area contributed by atoms with Crippen LogP contribution in [0.4, 0.5) is 11.5 Å². The highest BCUT2D eigenvalue weighted by atomic mass is 16.2. The fraction of sp³-hybridized carbons (Fsp3) is 0.577. The highest BCUT2D eigenvalue weighted by Gasteiger charge is 2.44. The Morgan fingerprint density at radius 3 is 2.91 bits per heavy atom. The summed E-state index contributed by atoms with van der Waals surface area (Å²) in [4.78, 5) is 24.9. The van der Waals surface area contributed by atoms with E-state index < -0.39 is 0 Å². The lowest BCUT2D eigenvalue weighted by molar-refractivity contribution is -0.135. The van der Waals surface area contributed by atoms with Crippen LogP contribution >= 0.6 is 0 Å². The molecule has 1 saturated carbocycles. The van der Waals surface area contributed by atoms with Gasteiger partial charge in [-0.05, 0) is 75.6 Å². The summed E-state index contributed by atoms with van der Waals surface area (Å²) in [5, 5.41) is 3.46. The van der Waals surface area contributed by atoms with Crippen molar-refractivity contribution in [3.8, 4) is 0 Å². The molecular formula is C26H36N6O. The first-order chi connectivity index (χ1) is 16.0. The van der Waals surface area contributed by atoms with Crippen molar-refractivity contribution in [2.24, 2.45) is 11.8 Å². The number of hydrazine groups is 1. The lowest BCUT2D eigenvalue weighted by atomic mass is 9.76. The molecule has 5 unspecified atom stereocenters. The molecule has 0 aromatic carbocycles. The Hall–Kier alpha value is -2.51. The second kappa shape index (κ2) is 9.39. The van der Waals surface area contributed by atoms with Crippen LogP contribution in [0.1, 0.15) is 61.9 Å². The molecule has 7 nitrogen and oxygen atoms in total. The maximum absolute atomic E-state index is 13.5. The number of anilines is 2. The zero-order chi connectivity index (χ0) is 22.9. The van der Waals surface area contributed by atoms with Crippen molar-refractivity contribution in [1.82, 2.24) is 25.7 Å². The van der Waals surface area contributed by atoms with Crippen LogP contribution in [0, 0.1) is 25.7 Å². The van der Waals surface area contributed by atoms with Gasteiger partial charge in [0, 0.05) is 54.2 Å². The van der Waals surface area contributed by atoms with Gasteiger partial charge in [-0.3, -0.25) is 15.2 Å². The Balaban J connectivity index is 1.30. The van der Waals surface area contributed by atoms with Gasteiger partial charge in [-0.25, -0.2) is 10.4 Å². The second-order valence-electron chi connectivity index (χ2n) is 10.3. The maximum Gasteiger partial charge on any atom is 0.241 e. The summed E-state index contributed by atoms with van der Waals surface area (Å²) in [5.41, 5.74) is 10.9. The molecule has 7 heteroatoms. The first-order valence-corrected chi connectivity index (χ1v) is 12.4. The van der Waals surface area contributed by atoms with Crippen molar-refractivity contribution >= 4 is 17.4 Å². The van der Waals surface area contributed by atoms with Crippen molar-refractivity contribution in [3.63, 3.8) is 0 Å². The molecule has 3 fully saturated rings. The van der Waals surface area contributed by atoms with Gasteiger partial charge in [-0.2, -0.15) is 0 Å². The number of aryl methyl sites for hydroxylation is 2. The van der Waals surface area contributed by atoms with E-state index in [9.17, 15) is 4.79 Å². The Kier molecular flexibility index (Phi) is 6.34. The number of rotatable bonds is 4. The molecule has 3 N–H and O–H groups in total. The highest BCUT2D eigenvalue weighted by molar-refractivity contribution is 5.83. The number of hydrogen-bond acceptors (Lipinski definition) is 6. The van der Waals surface area contributed by atoms with E-state index >= 15 is 0 Å². The Morgan fingerprint density at radius 1 is 1.18 bits per heavy atom. The van der Waals surface area contributed by atoms with Crippen molar-refractivity contribution in [3.05, 3.63) is 47.4 Å². The SMILES string of the molecule is Cc1cc(Nc2ncccc2C)cc(C2CCCN(C(=O)C3NNC4CCC(C)CC43)C2)n1. The number of carbonyl (C=O) groups is 1. The third kappa shape index (κ3) is 4.75. The molecule has 5 atom stereocenters. The highest BCUT2D eigenvalue weighted by Crippen LogP contribution is 2.35. The first kappa shape index (κ1) is 22.3. The Labute approximate surface area is 196 Å². The molecule has 0 spiro atoms. The van der Waals surface area contributed by atoms with E-state index in [1.807, 2.05) is 13.0 Å². The maximum atomic E-state index is 13.5. The number of hydrogen-bond donors (Lipinski definition) is 3. The molecule has 1 aliphatic carbocycles. The molecule has 3 aliphatic rings. The summed E-state index contributed by atoms with van der Waals surface area (Å²) in [6.45, 7) is 7.98. The van der Waals surface area contributed by atoms with E-state index in [1.165, 1.54) is 6.42 Å². The third-order valence-corrected chi connectivity index (χ3v) is 7.68. The third-order valence-electron chi connectivity index (χ3n) is 7.68. The van der Waals surface area contributed by atoms with E-state index in [-0.39, 0.29) is 17.9 Å². The monoisotopic (exact) mass is 448 g/mol. The summed E-state index contributed by atoms with van der Waals surface area (Å²) >= 11 is 0. The van der Waals surface area contributed by atoms with Crippen molar-refractivity contribution in [1.29, 1.82) is 0 Å². The molecular weight excluding hydrogens is 412 g/mol. The average molecular weight is 449 g/mol. The lowest BCUT2D eigenvalue weighted by Gasteiger charge is -2.37. The van der Waals surface area contributed by atoms with Crippen LogP contribution in [0.2, 0.25) is 0 Å².